The zero-order valence-corrected chi connectivity index (χ0v) is 18.4. The zero-order chi connectivity index (χ0) is 22.1. The monoisotopic (exact) mass is 436 g/mol. The van der Waals surface area contributed by atoms with E-state index in [1.807, 2.05) is 17.0 Å². The first-order chi connectivity index (χ1) is 14.9. The van der Waals surface area contributed by atoms with Gasteiger partial charge < -0.3 is 15.5 Å². The van der Waals surface area contributed by atoms with Gasteiger partial charge in [0, 0.05) is 33.2 Å². The van der Waals surface area contributed by atoms with Gasteiger partial charge in [-0.05, 0) is 30.5 Å². The molecule has 4 rings (SSSR count). The molecule has 0 radical (unpaired) electrons. The van der Waals surface area contributed by atoms with Crippen molar-refractivity contribution in [3.8, 4) is 6.07 Å². The van der Waals surface area contributed by atoms with E-state index in [-0.39, 0.29) is 24.1 Å². The van der Waals surface area contributed by atoms with E-state index >= 15 is 0 Å². The molecule has 1 fully saturated rings. The number of piperidine rings is 1. The Morgan fingerprint density at radius 2 is 2.16 bits per heavy atom. The summed E-state index contributed by atoms with van der Waals surface area (Å²) in [4.78, 5) is 34.8. The summed E-state index contributed by atoms with van der Waals surface area (Å²) >= 11 is 1.16. The number of thiophene rings is 1. The van der Waals surface area contributed by atoms with Crippen molar-refractivity contribution in [2.24, 2.45) is 5.73 Å². The summed E-state index contributed by atoms with van der Waals surface area (Å²) in [5.74, 6) is 0.368. The molecule has 3 aromatic rings. The van der Waals surface area contributed by atoms with Gasteiger partial charge in [-0.3, -0.25) is 14.2 Å². The summed E-state index contributed by atoms with van der Waals surface area (Å²) in [5.41, 5.74) is 7.76. The number of carbonyl (C=O) groups excluding carboxylic acids is 1. The molecule has 1 aliphatic rings. The van der Waals surface area contributed by atoms with Crippen LogP contribution in [-0.4, -0.2) is 53.6 Å². The largest absolute Gasteiger partial charge is 0.344 e. The van der Waals surface area contributed by atoms with E-state index in [1.54, 1.807) is 36.9 Å². The van der Waals surface area contributed by atoms with Crippen LogP contribution in [0.3, 0.4) is 0 Å². The summed E-state index contributed by atoms with van der Waals surface area (Å²) < 4.78 is 2.04. The molecule has 9 heteroatoms. The van der Waals surface area contributed by atoms with Crippen LogP contribution in [-0.2, 0) is 6.54 Å². The van der Waals surface area contributed by atoms with Crippen molar-refractivity contribution in [1.29, 1.82) is 5.26 Å². The first-order valence-corrected chi connectivity index (χ1v) is 10.9. The number of anilines is 1. The fourth-order valence-electron chi connectivity index (χ4n) is 3.84. The van der Waals surface area contributed by atoms with Gasteiger partial charge in [-0.1, -0.05) is 18.2 Å². The lowest BCUT2D eigenvalue weighted by molar-refractivity contribution is 0.0832. The number of fused-ring (bicyclic) bond motifs is 1. The van der Waals surface area contributed by atoms with Crippen molar-refractivity contribution < 1.29 is 4.79 Å². The number of carbonyl (C=O) groups is 1. The van der Waals surface area contributed by atoms with Crippen molar-refractivity contribution in [3.63, 3.8) is 0 Å². The first kappa shape index (κ1) is 21.0. The summed E-state index contributed by atoms with van der Waals surface area (Å²) in [6.45, 7) is 1.58. The number of amides is 1. The molecule has 160 valence electrons. The summed E-state index contributed by atoms with van der Waals surface area (Å²) in [6.07, 6.45) is 1.85. The minimum atomic E-state index is -0.213. The van der Waals surface area contributed by atoms with Gasteiger partial charge >= 0.3 is 0 Å². The second-order valence-electron chi connectivity index (χ2n) is 7.94. The van der Waals surface area contributed by atoms with E-state index in [0.717, 1.165) is 36.3 Å². The highest BCUT2D eigenvalue weighted by molar-refractivity contribution is 7.20. The molecule has 1 amide bonds. The van der Waals surface area contributed by atoms with Gasteiger partial charge in [0.05, 0.1) is 28.6 Å². The molecule has 0 unspecified atom stereocenters. The maximum absolute atomic E-state index is 13.6. The Bertz CT molecular complexity index is 1240. The van der Waals surface area contributed by atoms with Gasteiger partial charge in [0.25, 0.3) is 11.5 Å². The highest BCUT2D eigenvalue weighted by atomic mass is 32.1. The smallest absolute Gasteiger partial charge is 0.273 e. The third-order valence-corrected chi connectivity index (χ3v) is 6.54. The van der Waals surface area contributed by atoms with Gasteiger partial charge in [-0.25, -0.2) is 4.98 Å². The van der Waals surface area contributed by atoms with Crippen LogP contribution in [0.15, 0.2) is 35.1 Å². The second-order valence-corrected chi connectivity index (χ2v) is 9.00. The van der Waals surface area contributed by atoms with E-state index in [0.29, 0.717) is 33.2 Å². The lowest BCUT2D eigenvalue weighted by atomic mass is 10.1. The van der Waals surface area contributed by atoms with Gasteiger partial charge in [0.15, 0.2) is 0 Å². The Morgan fingerprint density at radius 3 is 2.87 bits per heavy atom. The maximum atomic E-state index is 13.6. The lowest BCUT2D eigenvalue weighted by Crippen LogP contribution is -2.45. The predicted octanol–water partition coefficient (Wildman–Crippen LogP) is 2.01. The quantitative estimate of drug-likeness (QED) is 0.670. The highest BCUT2D eigenvalue weighted by Gasteiger charge is 2.25. The Balaban J connectivity index is 1.89. The molecule has 2 aromatic heterocycles. The lowest BCUT2D eigenvalue weighted by Gasteiger charge is -2.33. The van der Waals surface area contributed by atoms with Crippen molar-refractivity contribution in [2.75, 3.05) is 32.1 Å². The van der Waals surface area contributed by atoms with E-state index < -0.39 is 0 Å². The number of nitrogens with zero attached hydrogens (tertiary/aromatic N) is 5. The van der Waals surface area contributed by atoms with Crippen LogP contribution in [0.25, 0.3) is 10.2 Å². The summed E-state index contributed by atoms with van der Waals surface area (Å²) in [6, 6.07) is 11.1. The van der Waals surface area contributed by atoms with Crippen LogP contribution in [0.1, 0.15) is 33.6 Å². The van der Waals surface area contributed by atoms with Crippen LogP contribution in [0.4, 0.5) is 5.95 Å². The van der Waals surface area contributed by atoms with Crippen LogP contribution >= 0.6 is 11.3 Å². The van der Waals surface area contributed by atoms with Crippen molar-refractivity contribution >= 4 is 33.4 Å². The fraction of sp³-hybridized carbons (Fsp3) is 0.364. The molecule has 1 atom stereocenters. The zero-order valence-electron chi connectivity index (χ0n) is 17.5. The molecule has 1 saturated heterocycles. The van der Waals surface area contributed by atoms with Crippen molar-refractivity contribution in [1.82, 2.24) is 14.5 Å². The number of rotatable bonds is 4. The number of benzene rings is 1. The molecular formula is C22H24N6O2S. The van der Waals surface area contributed by atoms with Gasteiger partial charge in [-0.15, -0.1) is 11.3 Å². The third kappa shape index (κ3) is 4.04. The van der Waals surface area contributed by atoms with Gasteiger partial charge in [0.2, 0.25) is 5.95 Å². The van der Waals surface area contributed by atoms with E-state index in [4.69, 9.17) is 10.7 Å². The molecule has 3 heterocycles. The molecule has 1 aliphatic heterocycles. The van der Waals surface area contributed by atoms with E-state index in [2.05, 4.69) is 6.07 Å². The highest BCUT2D eigenvalue weighted by Crippen LogP contribution is 2.26. The number of hydrogen-bond acceptors (Lipinski definition) is 7. The molecule has 2 N–H and O–H groups in total. The minimum absolute atomic E-state index is 0.00884. The Labute approximate surface area is 184 Å². The molecule has 8 nitrogen and oxygen atoms in total. The number of aromatic nitrogens is 2. The van der Waals surface area contributed by atoms with Crippen LogP contribution in [0.2, 0.25) is 0 Å². The molecule has 0 bridgehead atoms. The summed E-state index contributed by atoms with van der Waals surface area (Å²) in [5, 5.41) is 9.49. The van der Waals surface area contributed by atoms with Crippen molar-refractivity contribution in [2.45, 2.75) is 25.4 Å². The normalized spacial score (nSPS) is 16.3. The topological polar surface area (TPSA) is 108 Å². The third-order valence-electron chi connectivity index (χ3n) is 5.44. The van der Waals surface area contributed by atoms with E-state index in [9.17, 15) is 14.9 Å². The molecular weight excluding hydrogens is 412 g/mol. The number of nitriles is 1. The average Bonchev–Trinajstić information content (AvgIpc) is 3.19. The number of hydrogen-bond donors (Lipinski definition) is 1. The maximum Gasteiger partial charge on any atom is 0.273 e. The van der Waals surface area contributed by atoms with Gasteiger partial charge in [0.1, 0.15) is 4.70 Å². The molecule has 0 spiro atoms. The molecule has 1 aromatic carbocycles. The minimum Gasteiger partial charge on any atom is -0.344 e. The van der Waals surface area contributed by atoms with Gasteiger partial charge in [-0.2, -0.15) is 5.26 Å². The van der Waals surface area contributed by atoms with Crippen molar-refractivity contribution in [3.05, 3.63) is 56.7 Å². The number of nitrogens with two attached hydrogens (primary N) is 1. The Hall–Kier alpha value is -3.22. The molecule has 0 saturated carbocycles. The first-order valence-electron chi connectivity index (χ1n) is 10.1. The Kier molecular flexibility index (Phi) is 5.76. The predicted molar refractivity (Wildman–Crippen MR) is 122 cm³/mol. The fourth-order valence-corrected chi connectivity index (χ4v) is 4.91. The second kappa shape index (κ2) is 8.49. The molecule has 0 aliphatic carbocycles. The average molecular weight is 437 g/mol. The van der Waals surface area contributed by atoms with Crippen LogP contribution in [0, 0.1) is 11.3 Å². The standard InChI is InChI=1S/C22H24N6O2S/c1-26(2)20(29)18-10-17-19(31-18)21(30)28(12-15-7-4-3-6-14(15)11-23)22(25-17)27-9-5-8-16(24)13-27/h3-4,6-7,10,16H,5,8-9,12-13,24H2,1-2H3/t16-/m1/s1. The molecule has 31 heavy (non-hydrogen) atoms. The SMILES string of the molecule is CN(C)C(=O)c1cc2nc(N3CCC[C@@H](N)C3)n(Cc3ccccc3C#N)c(=O)c2s1. The van der Waals surface area contributed by atoms with Crippen LogP contribution < -0.4 is 16.2 Å². The van der Waals surface area contributed by atoms with Crippen LogP contribution in [0.5, 0.6) is 0 Å². The Morgan fingerprint density at radius 1 is 1.39 bits per heavy atom. The van der Waals surface area contributed by atoms with E-state index in [1.165, 1.54) is 4.90 Å². The summed E-state index contributed by atoms with van der Waals surface area (Å²) in [7, 11) is 3.36.